The fourth-order valence-corrected chi connectivity index (χ4v) is 1.83. The molecule has 0 nitrogen and oxygen atoms in total. The summed E-state index contributed by atoms with van der Waals surface area (Å²) < 4.78 is 0. The first kappa shape index (κ1) is 8.83. The van der Waals surface area contributed by atoms with Crippen LogP contribution in [0.3, 0.4) is 0 Å². The van der Waals surface area contributed by atoms with Crippen LogP contribution in [0.2, 0.25) is 0 Å². The van der Waals surface area contributed by atoms with E-state index in [1.807, 2.05) is 0 Å². The maximum absolute atomic E-state index is 3.88. The average molecular weight is 152 g/mol. The highest BCUT2D eigenvalue weighted by Gasteiger charge is 2.41. The van der Waals surface area contributed by atoms with Gasteiger partial charge in [0.25, 0.3) is 0 Å². The predicted octanol–water partition coefficient (Wildman–Crippen LogP) is 3.78. The Balaban J connectivity index is 2.33. The van der Waals surface area contributed by atoms with Crippen molar-refractivity contribution in [1.82, 2.24) is 0 Å². The molecule has 11 heavy (non-hydrogen) atoms. The van der Waals surface area contributed by atoms with Gasteiger partial charge in [-0.2, -0.15) is 0 Å². The van der Waals surface area contributed by atoms with Gasteiger partial charge in [-0.1, -0.05) is 26.3 Å². The van der Waals surface area contributed by atoms with E-state index in [-0.39, 0.29) is 0 Å². The van der Waals surface area contributed by atoms with Crippen LogP contribution in [0.1, 0.15) is 46.0 Å². The van der Waals surface area contributed by atoms with Crippen LogP contribution >= 0.6 is 0 Å². The fraction of sp³-hybridized carbons (Fsp3) is 0.818. The van der Waals surface area contributed by atoms with Crippen LogP contribution < -0.4 is 0 Å². The van der Waals surface area contributed by atoms with Crippen LogP contribution in [-0.4, -0.2) is 0 Å². The molecule has 64 valence electrons. The summed E-state index contributed by atoms with van der Waals surface area (Å²) in [5.41, 5.74) is 0.745. The van der Waals surface area contributed by atoms with E-state index in [1.54, 1.807) is 0 Å². The quantitative estimate of drug-likeness (QED) is 0.526. The summed E-state index contributed by atoms with van der Waals surface area (Å²) in [4.78, 5) is 0. The summed E-state index contributed by atoms with van der Waals surface area (Å²) in [6.07, 6.45) is 9.10. The van der Waals surface area contributed by atoms with Crippen molar-refractivity contribution in [3.63, 3.8) is 0 Å². The van der Waals surface area contributed by atoms with Crippen molar-refractivity contribution in [2.45, 2.75) is 46.0 Å². The molecule has 0 aliphatic heterocycles. The second-order valence-electron chi connectivity index (χ2n) is 3.96. The van der Waals surface area contributed by atoms with Gasteiger partial charge in [-0.15, -0.1) is 6.58 Å². The molecule has 0 heteroatoms. The highest BCUT2D eigenvalue weighted by molar-refractivity contribution is 4.96. The van der Waals surface area contributed by atoms with Gasteiger partial charge in [0.05, 0.1) is 0 Å². The number of allylic oxidation sites excluding steroid dienone is 1. The van der Waals surface area contributed by atoms with Crippen LogP contribution in [0.25, 0.3) is 0 Å². The van der Waals surface area contributed by atoms with E-state index in [4.69, 9.17) is 0 Å². The van der Waals surface area contributed by atoms with E-state index in [0.717, 1.165) is 11.3 Å². The van der Waals surface area contributed by atoms with Gasteiger partial charge in [-0.05, 0) is 37.0 Å². The minimum Gasteiger partial charge on any atom is -0.103 e. The Hall–Kier alpha value is -0.260. The smallest absolute Gasteiger partial charge is 0.0234 e. The van der Waals surface area contributed by atoms with E-state index < -0.39 is 0 Å². The molecule has 1 aliphatic rings. The first-order chi connectivity index (χ1) is 5.26. The third kappa shape index (κ3) is 2.08. The highest BCUT2D eigenvalue weighted by Crippen LogP contribution is 2.53. The Morgan fingerprint density at radius 2 is 2.09 bits per heavy atom. The lowest BCUT2D eigenvalue weighted by molar-refractivity contribution is 0.378. The summed E-state index contributed by atoms with van der Waals surface area (Å²) in [6, 6.07) is 0. The Labute approximate surface area is 70.7 Å². The van der Waals surface area contributed by atoms with Crippen molar-refractivity contribution in [2.75, 3.05) is 0 Å². The topological polar surface area (TPSA) is 0 Å². The number of hydrogen-bond donors (Lipinski definition) is 0. The van der Waals surface area contributed by atoms with Crippen LogP contribution in [-0.2, 0) is 0 Å². The molecular weight excluding hydrogens is 132 g/mol. The molecule has 1 unspecified atom stereocenters. The maximum Gasteiger partial charge on any atom is -0.0234 e. The lowest BCUT2D eigenvalue weighted by Crippen LogP contribution is -2.05. The van der Waals surface area contributed by atoms with E-state index in [0.29, 0.717) is 0 Å². The molecule has 0 saturated heterocycles. The molecule has 0 N–H and O–H groups in total. The lowest BCUT2D eigenvalue weighted by Gasteiger charge is -2.17. The second kappa shape index (κ2) is 3.42. The molecule has 1 atom stereocenters. The molecule has 0 spiro atoms. The summed E-state index contributed by atoms with van der Waals surface area (Å²) >= 11 is 0. The summed E-state index contributed by atoms with van der Waals surface area (Å²) in [6.45, 7) is 8.46. The molecular formula is C11H20. The molecule has 0 radical (unpaired) electrons. The van der Waals surface area contributed by atoms with Crippen molar-refractivity contribution in [3.05, 3.63) is 12.7 Å². The maximum atomic E-state index is 3.88. The Morgan fingerprint density at radius 1 is 1.45 bits per heavy atom. The minimum atomic E-state index is 0.745. The molecule has 0 heterocycles. The summed E-state index contributed by atoms with van der Waals surface area (Å²) in [5.74, 6) is 0.775. The third-order valence-electron chi connectivity index (χ3n) is 3.26. The first-order valence-electron chi connectivity index (χ1n) is 4.89. The van der Waals surface area contributed by atoms with Gasteiger partial charge in [-0.3, -0.25) is 0 Å². The third-order valence-corrected chi connectivity index (χ3v) is 3.26. The zero-order valence-corrected chi connectivity index (χ0v) is 7.90. The van der Waals surface area contributed by atoms with Gasteiger partial charge >= 0.3 is 0 Å². The van der Waals surface area contributed by atoms with Crippen molar-refractivity contribution >= 4 is 0 Å². The van der Waals surface area contributed by atoms with E-state index in [9.17, 15) is 0 Å². The van der Waals surface area contributed by atoms with Crippen LogP contribution in [0.15, 0.2) is 12.7 Å². The zero-order valence-electron chi connectivity index (χ0n) is 7.90. The lowest BCUT2D eigenvalue weighted by atomic mass is 9.88. The largest absolute Gasteiger partial charge is 0.103 e. The molecule has 1 fully saturated rings. The number of rotatable bonds is 5. The minimum absolute atomic E-state index is 0.745. The van der Waals surface area contributed by atoms with Gasteiger partial charge in [0, 0.05) is 0 Å². The van der Waals surface area contributed by atoms with E-state index >= 15 is 0 Å². The standard InChI is InChI=1S/C11H20/c1-4-10(5-2)9-11(6-3)7-8-11/h4,10H,1,5-9H2,2-3H3. The predicted molar refractivity (Wildman–Crippen MR) is 50.6 cm³/mol. The zero-order chi connectivity index (χ0) is 8.32. The van der Waals surface area contributed by atoms with Gasteiger partial charge < -0.3 is 0 Å². The van der Waals surface area contributed by atoms with Gasteiger partial charge in [0.15, 0.2) is 0 Å². The monoisotopic (exact) mass is 152 g/mol. The molecule has 0 aromatic carbocycles. The molecule has 1 rings (SSSR count). The second-order valence-corrected chi connectivity index (χ2v) is 3.96. The van der Waals surface area contributed by atoms with Crippen LogP contribution in [0, 0.1) is 11.3 Å². The Kier molecular flexibility index (Phi) is 2.75. The van der Waals surface area contributed by atoms with Crippen LogP contribution in [0.4, 0.5) is 0 Å². The Bertz CT molecular complexity index is 131. The first-order valence-corrected chi connectivity index (χ1v) is 4.89. The van der Waals surface area contributed by atoms with E-state index in [2.05, 4.69) is 26.5 Å². The summed E-state index contributed by atoms with van der Waals surface area (Å²) in [5, 5.41) is 0. The van der Waals surface area contributed by atoms with Gasteiger partial charge in [0.2, 0.25) is 0 Å². The molecule has 1 aliphatic carbocycles. The van der Waals surface area contributed by atoms with Crippen LogP contribution in [0.5, 0.6) is 0 Å². The SMILES string of the molecule is C=CC(CC)CC1(CC)CC1. The van der Waals surface area contributed by atoms with Gasteiger partial charge in [-0.25, -0.2) is 0 Å². The van der Waals surface area contributed by atoms with Crippen molar-refractivity contribution in [3.8, 4) is 0 Å². The average Bonchev–Trinajstić information content (AvgIpc) is 2.81. The Morgan fingerprint density at radius 3 is 2.36 bits per heavy atom. The van der Waals surface area contributed by atoms with Crippen molar-refractivity contribution in [2.24, 2.45) is 11.3 Å². The molecule has 0 aromatic heterocycles. The van der Waals surface area contributed by atoms with Crippen molar-refractivity contribution < 1.29 is 0 Å². The van der Waals surface area contributed by atoms with Crippen molar-refractivity contribution in [1.29, 1.82) is 0 Å². The molecule has 0 bridgehead atoms. The normalized spacial score (nSPS) is 22.7. The van der Waals surface area contributed by atoms with E-state index in [1.165, 1.54) is 32.1 Å². The summed E-state index contributed by atoms with van der Waals surface area (Å²) in [7, 11) is 0. The molecule has 0 aromatic rings. The molecule has 1 saturated carbocycles. The van der Waals surface area contributed by atoms with Gasteiger partial charge in [0.1, 0.15) is 0 Å². The fourth-order valence-electron chi connectivity index (χ4n) is 1.83. The molecule has 0 amide bonds. The number of hydrogen-bond acceptors (Lipinski definition) is 0. The highest BCUT2D eigenvalue weighted by atomic mass is 14.5.